The molecule has 4 nitrogen and oxygen atoms in total. The molecule has 0 unspecified atom stereocenters. The highest BCUT2D eigenvalue weighted by atomic mass is 16.5. The van der Waals surface area contributed by atoms with Crippen molar-refractivity contribution in [2.75, 3.05) is 11.1 Å². The highest BCUT2D eigenvalue weighted by Crippen LogP contribution is 2.28. The van der Waals surface area contributed by atoms with Crippen LogP contribution in [0.5, 0.6) is 0 Å². The molecule has 2 aromatic rings. The van der Waals surface area contributed by atoms with Crippen molar-refractivity contribution < 1.29 is 9.53 Å². The number of ether oxygens (including phenoxy) is 1. The Balaban J connectivity index is 2.05. The third kappa shape index (κ3) is 3.54. The van der Waals surface area contributed by atoms with Gasteiger partial charge in [0.15, 0.2) is 0 Å². The van der Waals surface area contributed by atoms with Gasteiger partial charge in [0.2, 0.25) is 0 Å². The molecule has 0 saturated heterocycles. The normalized spacial score (nSPS) is 10.2. The van der Waals surface area contributed by atoms with Gasteiger partial charge in [0.1, 0.15) is 6.61 Å². The smallest absolute Gasteiger partial charge is 0.411 e. The Kier molecular flexibility index (Phi) is 4.48. The first-order chi connectivity index (χ1) is 9.99. The van der Waals surface area contributed by atoms with E-state index in [4.69, 9.17) is 10.5 Å². The van der Waals surface area contributed by atoms with Gasteiger partial charge in [-0.15, -0.1) is 0 Å². The standard InChI is InChI=1S/C17H20N2O2/c1-11-9-12(2)16(13(3)15(11)18)19-17(20)21-10-14-7-5-4-6-8-14/h4-9H,10,18H2,1-3H3,(H,19,20). The predicted octanol–water partition coefficient (Wildman–Crippen LogP) is 3.94. The fraction of sp³-hybridized carbons (Fsp3) is 0.235. The van der Waals surface area contributed by atoms with Gasteiger partial charge in [-0.3, -0.25) is 5.32 Å². The van der Waals surface area contributed by atoms with Gasteiger partial charge in [0, 0.05) is 5.69 Å². The van der Waals surface area contributed by atoms with Crippen molar-refractivity contribution in [2.45, 2.75) is 27.4 Å². The second-order valence-corrected chi connectivity index (χ2v) is 5.11. The van der Waals surface area contributed by atoms with Gasteiger partial charge in [-0.05, 0) is 43.0 Å². The lowest BCUT2D eigenvalue weighted by atomic mass is 10.0. The van der Waals surface area contributed by atoms with E-state index in [9.17, 15) is 4.79 Å². The molecule has 21 heavy (non-hydrogen) atoms. The summed E-state index contributed by atoms with van der Waals surface area (Å²) < 4.78 is 5.22. The number of amides is 1. The van der Waals surface area contributed by atoms with Gasteiger partial charge in [-0.1, -0.05) is 36.4 Å². The van der Waals surface area contributed by atoms with Crippen LogP contribution >= 0.6 is 0 Å². The van der Waals surface area contributed by atoms with Crippen LogP contribution in [-0.2, 0) is 11.3 Å². The third-order valence-electron chi connectivity index (χ3n) is 3.47. The van der Waals surface area contributed by atoms with E-state index in [2.05, 4.69) is 5.32 Å². The van der Waals surface area contributed by atoms with Gasteiger partial charge in [0.25, 0.3) is 0 Å². The van der Waals surface area contributed by atoms with Gasteiger partial charge in [-0.2, -0.15) is 0 Å². The Bertz CT molecular complexity index is 652. The maximum Gasteiger partial charge on any atom is 0.411 e. The van der Waals surface area contributed by atoms with Crippen molar-refractivity contribution in [1.82, 2.24) is 0 Å². The minimum atomic E-state index is -0.478. The first kappa shape index (κ1) is 14.9. The van der Waals surface area contributed by atoms with Crippen LogP contribution < -0.4 is 11.1 Å². The number of hydrogen-bond donors (Lipinski definition) is 2. The Morgan fingerprint density at radius 3 is 2.48 bits per heavy atom. The molecule has 0 heterocycles. The van der Waals surface area contributed by atoms with E-state index in [1.165, 1.54) is 0 Å². The zero-order valence-corrected chi connectivity index (χ0v) is 12.6. The van der Waals surface area contributed by atoms with Gasteiger partial charge >= 0.3 is 6.09 Å². The monoisotopic (exact) mass is 284 g/mol. The van der Waals surface area contributed by atoms with Crippen LogP contribution in [0.15, 0.2) is 36.4 Å². The van der Waals surface area contributed by atoms with Crippen LogP contribution in [0, 0.1) is 20.8 Å². The second kappa shape index (κ2) is 6.31. The molecule has 4 heteroatoms. The maximum atomic E-state index is 11.9. The molecule has 0 aliphatic carbocycles. The molecule has 0 saturated carbocycles. The molecule has 0 spiro atoms. The topological polar surface area (TPSA) is 64.3 Å². The summed E-state index contributed by atoms with van der Waals surface area (Å²) in [5.41, 5.74) is 11.2. The number of anilines is 2. The summed E-state index contributed by atoms with van der Waals surface area (Å²) in [4.78, 5) is 11.9. The number of rotatable bonds is 3. The Morgan fingerprint density at radius 2 is 1.81 bits per heavy atom. The molecule has 110 valence electrons. The van der Waals surface area contributed by atoms with Crippen LogP contribution in [0.1, 0.15) is 22.3 Å². The van der Waals surface area contributed by atoms with E-state index in [-0.39, 0.29) is 6.61 Å². The molecular weight excluding hydrogens is 264 g/mol. The first-order valence-electron chi connectivity index (χ1n) is 6.83. The van der Waals surface area contributed by atoms with Crippen molar-refractivity contribution >= 4 is 17.5 Å². The number of hydrogen-bond acceptors (Lipinski definition) is 3. The highest BCUT2D eigenvalue weighted by molar-refractivity contribution is 5.88. The SMILES string of the molecule is Cc1cc(C)c(NC(=O)OCc2ccccc2)c(C)c1N. The molecule has 3 N–H and O–H groups in total. The number of benzene rings is 2. The largest absolute Gasteiger partial charge is 0.444 e. The zero-order chi connectivity index (χ0) is 15.4. The summed E-state index contributed by atoms with van der Waals surface area (Å²) in [7, 11) is 0. The lowest BCUT2D eigenvalue weighted by molar-refractivity contribution is 0.155. The van der Waals surface area contributed by atoms with Crippen molar-refractivity contribution in [1.29, 1.82) is 0 Å². The van der Waals surface area contributed by atoms with E-state index >= 15 is 0 Å². The van der Waals surface area contributed by atoms with Crippen LogP contribution in [0.3, 0.4) is 0 Å². The maximum absolute atomic E-state index is 11.9. The summed E-state index contributed by atoms with van der Waals surface area (Å²) in [5, 5.41) is 2.78. The molecule has 1 amide bonds. The lowest BCUT2D eigenvalue weighted by Crippen LogP contribution is -2.16. The van der Waals surface area contributed by atoms with E-state index in [1.807, 2.05) is 57.2 Å². The molecule has 0 aromatic heterocycles. The summed E-state index contributed by atoms with van der Waals surface area (Å²) in [5.74, 6) is 0. The zero-order valence-electron chi connectivity index (χ0n) is 12.6. The third-order valence-corrected chi connectivity index (χ3v) is 3.47. The molecule has 0 bridgehead atoms. The van der Waals surface area contributed by atoms with Crippen LogP contribution in [0.25, 0.3) is 0 Å². The van der Waals surface area contributed by atoms with E-state index in [1.54, 1.807) is 0 Å². The molecule has 0 atom stereocenters. The summed E-state index contributed by atoms with van der Waals surface area (Å²) >= 11 is 0. The summed E-state index contributed by atoms with van der Waals surface area (Å²) in [6.45, 7) is 6.02. The molecule has 0 aliphatic heterocycles. The lowest BCUT2D eigenvalue weighted by Gasteiger charge is -2.15. The average Bonchev–Trinajstić information content (AvgIpc) is 2.48. The molecular formula is C17H20N2O2. The summed E-state index contributed by atoms with van der Waals surface area (Å²) in [6.07, 6.45) is -0.478. The Labute approximate surface area is 124 Å². The number of carbonyl (C=O) groups excluding carboxylic acids is 1. The predicted molar refractivity (Wildman–Crippen MR) is 85.3 cm³/mol. The minimum absolute atomic E-state index is 0.242. The first-order valence-corrected chi connectivity index (χ1v) is 6.83. The number of nitrogen functional groups attached to an aromatic ring is 1. The molecule has 0 aliphatic rings. The number of nitrogens with two attached hydrogens (primary N) is 1. The Morgan fingerprint density at radius 1 is 1.14 bits per heavy atom. The number of nitrogens with one attached hydrogen (secondary N) is 1. The Hall–Kier alpha value is -2.49. The molecule has 0 radical (unpaired) electrons. The molecule has 0 fully saturated rings. The van der Waals surface area contributed by atoms with Gasteiger partial charge in [0.05, 0.1) is 5.69 Å². The van der Waals surface area contributed by atoms with Crippen LogP contribution in [-0.4, -0.2) is 6.09 Å². The quantitative estimate of drug-likeness (QED) is 0.839. The van der Waals surface area contributed by atoms with Crippen molar-refractivity contribution in [2.24, 2.45) is 0 Å². The van der Waals surface area contributed by atoms with E-state index in [0.717, 1.165) is 27.9 Å². The number of aryl methyl sites for hydroxylation is 2. The minimum Gasteiger partial charge on any atom is -0.444 e. The van der Waals surface area contributed by atoms with E-state index < -0.39 is 6.09 Å². The van der Waals surface area contributed by atoms with Crippen LogP contribution in [0.4, 0.5) is 16.2 Å². The van der Waals surface area contributed by atoms with Crippen molar-refractivity contribution in [3.05, 3.63) is 58.7 Å². The van der Waals surface area contributed by atoms with Gasteiger partial charge < -0.3 is 10.5 Å². The van der Waals surface area contributed by atoms with Gasteiger partial charge in [-0.25, -0.2) is 4.79 Å². The average molecular weight is 284 g/mol. The van der Waals surface area contributed by atoms with E-state index in [0.29, 0.717) is 5.69 Å². The number of carbonyl (C=O) groups is 1. The summed E-state index contributed by atoms with van der Waals surface area (Å²) in [6, 6.07) is 11.5. The van der Waals surface area contributed by atoms with Crippen molar-refractivity contribution in [3.63, 3.8) is 0 Å². The molecule has 2 rings (SSSR count). The fourth-order valence-corrected chi connectivity index (χ4v) is 2.25. The molecule has 2 aromatic carbocycles. The van der Waals surface area contributed by atoms with Crippen molar-refractivity contribution in [3.8, 4) is 0 Å². The highest BCUT2D eigenvalue weighted by Gasteiger charge is 2.12. The second-order valence-electron chi connectivity index (χ2n) is 5.11. The van der Waals surface area contributed by atoms with Crippen LogP contribution in [0.2, 0.25) is 0 Å². The fourth-order valence-electron chi connectivity index (χ4n) is 2.25.